The zero-order valence-corrected chi connectivity index (χ0v) is 17.2. The van der Waals surface area contributed by atoms with Gasteiger partial charge in [0.25, 0.3) is 5.69 Å². The molecule has 3 rings (SSSR count). The van der Waals surface area contributed by atoms with Gasteiger partial charge < -0.3 is 9.88 Å². The normalized spacial score (nSPS) is 10.7. The summed E-state index contributed by atoms with van der Waals surface area (Å²) in [6, 6.07) is 12.4. The zero-order chi connectivity index (χ0) is 21.0. The highest BCUT2D eigenvalue weighted by atomic mass is 32.2. The molecule has 1 N–H and O–H groups in total. The lowest BCUT2D eigenvalue weighted by Gasteiger charge is -2.09. The first-order chi connectivity index (χ1) is 13.9. The van der Waals surface area contributed by atoms with Crippen LogP contribution in [0.2, 0.25) is 0 Å². The Hall–Kier alpha value is -3.20. The number of nitro groups is 1. The molecule has 1 amide bonds. The molecule has 150 valence electrons. The highest BCUT2D eigenvalue weighted by Gasteiger charge is 2.16. The molecule has 0 unspecified atom stereocenters. The minimum Gasteiger partial charge on any atom is -0.325 e. The molecule has 0 fully saturated rings. The Kier molecular flexibility index (Phi) is 6.28. The first-order valence-corrected chi connectivity index (χ1v) is 10.1. The van der Waals surface area contributed by atoms with E-state index in [1.54, 1.807) is 13.0 Å². The van der Waals surface area contributed by atoms with E-state index in [9.17, 15) is 14.9 Å². The number of nitrogens with zero attached hydrogens (tertiary/aromatic N) is 4. The highest BCUT2D eigenvalue weighted by Crippen LogP contribution is 2.26. The number of aryl methyl sites for hydroxylation is 2. The van der Waals surface area contributed by atoms with Gasteiger partial charge in [-0.3, -0.25) is 14.9 Å². The van der Waals surface area contributed by atoms with Crippen molar-refractivity contribution in [1.82, 2.24) is 14.8 Å². The van der Waals surface area contributed by atoms with E-state index in [0.717, 1.165) is 22.5 Å². The number of carbonyl (C=O) groups excluding carboxylic acids is 1. The van der Waals surface area contributed by atoms with Crippen LogP contribution in [0.1, 0.15) is 18.1 Å². The average molecular weight is 411 g/mol. The van der Waals surface area contributed by atoms with E-state index in [4.69, 9.17) is 0 Å². The third kappa shape index (κ3) is 4.80. The van der Waals surface area contributed by atoms with Crippen LogP contribution in [0.5, 0.6) is 0 Å². The van der Waals surface area contributed by atoms with Gasteiger partial charge in [0.05, 0.1) is 16.4 Å². The molecule has 1 heterocycles. The molecule has 0 bridgehead atoms. The molecule has 0 aliphatic carbocycles. The molecule has 0 saturated carbocycles. The molecule has 0 aliphatic heterocycles. The summed E-state index contributed by atoms with van der Waals surface area (Å²) in [6.07, 6.45) is 0. The maximum atomic E-state index is 12.4. The van der Waals surface area contributed by atoms with Gasteiger partial charge in [0.15, 0.2) is 11.0 Å². The van der Waals surface area contributed by atoms with Gasteiger partial charge >= 0.3 is 0 Å². The van der Waals surface area contributed by atoms with Gasteiger partial charge in [-0.25, -0.2) is 0 Å². The van der Waals surface area contributed by atoms with Crippen molar-refractivity contribution in [3.05, 3.63) is 63.7 Å². The molecule has 29 heavy (non-hydrogen) atoms. The topological polar surface area (TPSA) is 103 Å². The van der Waals surface area contributed by atoms with Crippen molar-refractivity contribution in [1.29, 1.82) is 0 Å². The van der Waals surface area contributed by atoms with Gasteiger partial charge in [-0.05, 0) is 32.4 Å². The second kappa shape index (κ2) is 8.87. The van der Waals surface area contributed by atoms with Crippen molar-refractivity contribution in [2.24, 2.45) is 0 Å². The monoisotopic (exact) mass is 411 g/mol. The van der Waals surface area contributed by atoms with E-state index in [-0.39, 0.29) is 17.3 Å². The number of nitro benzene ring substituents is 1. The second-order valence-electron chi connectivity index (χ2n) is 6.51. The Labute approximate surface area is 172 Å². The van der Waals surface area contributed by atoms with Crippen LogP contribution in [0.4, 0.5) is 11.4 Å². The quantitative estimate of drug-likeness (QED) is 0.355. The summed E-state index contributed by atoms with van der Waals surface area (Å²) in [5.41, 5.74) is 3.23. The Morgan fingerprint density at radius 2 is 2.00 bits per heavy atom. The Balaban J connectivity index is 1.71. The molecule has 8 nitrogen and oxygen atoms in total. The number of nitrogens with one attached hydrogen (secondary N) is 1. The minimum atomic E-state index is -0.486. The summed E-state index contributed by atoms with van der Waals surface area (Å²) in [7, 11) is 0. The van der Waals surface area contributed by atoms with Gasteiger partial charge in [0.2, 0.25) is 5.91 Å². The fourth-order valence-corrected chi connectivity index (χ4v) is 3.66. The van der Waals surface area contributed by atoms with Gasteiger partial charge in [0.1, 0.15) is 0 Å². The molecule has 9 heteroatoms. The lowest BCUT2D eigenvalue weighted by Crippen LogP contribution is -2.15. The highest BCUT2D eigenvalue weighted by molar-refractivity contribution is 7.99. The minimum absolute atomic E-state index is 0.0629. The van der Waals surface area contributed by atoms with E-state index in [1.807, 2.05) is 42.7 Å². The second-order valence-corrected chi connectivity index (χ2v) is 7.46. The van der Waals surface area contributed by atoms with Crippen molar-refractivity contribution in [2.75, 3.05) is 11.1 Å². The fourth-order valence-electron chi connectivity index (χ4n) is 2.85. The summed E-state index contributed by atoms with van der Waals surface area (Å²) in [5.74, 6) is 0.614. The van der Waals surface area contributed by atoms with Gasteiger partial charge in [0, 0.05) is 24.2 Å². The lowest BCUT2D eigenvalue weighted by molar-refractivity contribution is -0.384. The Bertz CT molecular complexity index is 1060. The molecule has 0 saturated heterocycles. The number of hydrogen-bond donors (Lipinski definition) is 1. The van der Waals surface area contributed by atoms with Crippen LogP contribution in [0.25, 0.3) is 11.4 Å². The molecule has 0 spiro atoms. The number of non-ortho nitro benzene ring substituents is 1. The predicted molar refractivity (Wildman–Crippen MR) is 113 cm³/mol. The van der Waals surface area contributed by atoms with E-state index in [0.29, 0.717) is 17.4 Å². The summed E-state index contributed by atoms with van der Waals surface area (Å²) in [4.78, 5) is 22.8. The third-order valence-electron chi connectivity index (χ3n) is 4.35. The van der Waals surface area contributed by atoms with Gasteiger partial charge in [-0.15, -0.1) is 10.2 Å². The van der Waals surface area contributed by atoms with Gasteiger partial charge in [-0.2, -0.15) is 0 Å². The molecular weight excluding hydrogens is 390 g/mol. The summed E-state index contributed by atoms with van der Waals surface area (Å²) >= 11 is 1.28. The van der Waals surface area contributed by atoms with Crippen molar-refractivity contribution in [3.63, 3.8) is 0 Å². The van der Waals surface area contributed by atoms with E-state index in [2.05, 4.69) is 15.5 Å². The summed E-state index contributed by atoms with van der Waals surface area (Å²) < 4.78 is 1.96. The molecule has 1 aromatic heterocycles. The number of amides is 1. The summed E-state index contributed by atoms with van der Waals surface area (Å²) in [5, 5.41) is 22.9. The third-order valence-corrected chi connectivity index (χ3v) is 5.31. The largest absolute Gasteiger partial charge is 0.325 e. The fraction of sp³-hybridized carbons (Fsp3) is 0.250. The predicted octanol–water partition coefficient (Wildman–Crippen LogP) is 4.22. The molecular formula is C20H21N5O3S. The Morgan fingerprint density at radius 1 is 1.21 bits per heavy atom. The van der Waals surface area contributed by atoms with Gasteiger partial charge in [-0.1, -0.05) is 41.6 Å². The van der Waals surface area contributed by atoms with Crippen molar-refractivity contribution >= 4 is 29.0 Å². The molecule has 0 aliphatic rings. The van der Waals surface area contributed by atoms with Crippen LogP contribution in [0, 0.1) is 24.0 Å². The van der Waals surface area contributed by atoms with Crippen molar-refractivity contribution in [2.45, 2.75) is 32.5 Å². The Morgan fingerprint density at radius 3 is 2.69 bits per heavy atom. The molecule has 2 aromatic carbocycles. The molecule has 0 radical (unpaired) electrons. The molecule has 3 aromatic rings. The van der Waals surface area contributed by atoms with Crippen molar-refractivity contribution in [3.8, 4) is 11.4 Å². The average Bonchev–Trinajstić information content (AvgIpc) is 3.11. The maximum Gasteiger partial charge on any atom is 0.271 e. The SMILES string of the molecule is CCn1c(SCC(=O)Nc2cc([N+](=O)[O-])ccc2C)nnc1-c1cccc(C)c1. The van der Waals surface area contributed by atoms with E-state index in [1.165, 1.54) is 23.9 Å². The first kappa shape index (κ1) is 20.5. The number of anilines is 1. The zero-order valence-electron chi connectivity index (χ0n) is 16.4. The maximum absolute atomic E-state index is 12.4. The standard InChI is InChI=1S/C20H21N5O3S/c1-4-24-19(15-7-5-6-13(2)10-15)22-23-20(24)29-12-18(26)21-17-11-16(25(27)28)9-8-14(17)3/h5-11H,4,12H2,1-3H3,(H,21,26). The van der Waals surface area contributed by atoms with E-state index < -0.39 is 4.92 Å². The van der Waals surface area contributed by atoms with Crippen LogP contribution in [-0.2, 0) is 11.3 Å². The van der Waals surface area contributed by atoms with Crippen molar-refractivity contribution < 1.29 is 9.72 Å². The lowest BCUT2D eigenvalue weighted by atomic mass is 10.1. The van der Waals surface area contributed by atoms with Crippen LogP contribution in [-0.4, -0.2) is 31.3 Å². The summed E-state index contributed by atoms with van der Waals surface area (Å²) in [6.45, 7) is 6.48. The van der Waals surface area contributed by atoms with Crippen LogP contribution < -0.4 is 5.32 Å². The number of thioether (sulfide) groups is 1. The number of benzene rings is 2. The number of carbonyl (C=O) groups is 1. The van der Waals surface area contributed by atoms with Crippen LogP contribution in [0.15, 0.2) is 47.6 Å². The number of hydrogen-bond acceptors (Lipinski definition) is 6. The molecule has 0 atom stereocenters. The first-order valence-electron chi connectivity index (χ1n) is 9.07. The van der Waals surface area contributed by atoms with Crippen LogP contribution >= 0.6 is 11.8 Å². The van der Waals surface area contributed by atoms with Crippen LogP contribution in [0.3, 0.4) is 0 Å². The number of rotatable bonds is 7. The van der Waals surface area contributed by atoms with E-state index >= 15 is 0 Å². The smallest absolute Gasteiger partial charge is 0.271 e. The number of aromatic nitrogens is 3.